The maximum Gasteiger partial charge on any atom is 0.333 e. The number of pyridine rings is 1. The lowest BCUT2D eigenvalue weighted by molar-refractivity contribution is -0.116. The predicted octanol–water partition coefficient (Wildman–Crippen LogP) is 4.32. The average molecular weight is 508 g/mol. The van der Waals surface area contributed by atoms with Crippen LogP contribution in [-0.4, -0.2) is 29.8 Å². The second-order valence-electron chi connectivity index (χ2n) is 8.76. The van der Waals surface area contributed by atoms with Crippen molar-refractivity contribution >= 4 is 35.0 Å². The third-order valence-electron chi connectivity index (χ3n) is 6.48. The number of anilines is 2. The number of urea groups is 1. The topological polar surface area (TPSA) is 123 Å². The molecule has 1 fully saturated rings. The SMILES string of the molecule is COc1cccc(NC(=O)NNC23CC2c2cc(Oc4ccnc5c4CCC(=O)N5)ccc2O3)c1Cl. The number of fused-ring (bicyclic) bond motifs is 4. The van der Waals surface area contributed by atoms with Gasteiger partial charge in [-0.1, -0.05) is 17.7 Å². The van der Waals surface area contributed by atoms with E-state index in [-0.39, 0.29) is 11.8 Å². The van der Waals surface area contributed by atoms with Gasteiger partial charge in [0.25, 0.3) is 0 Å². The van der Waals surface area contributed by atoms with Crippen molar-refractivity contribution < 1.29 is 23.8 Å². The zero-order valence-electron chi connectivity index (χ0n) is 19.2. The Morgan fingerprint density at radius 3 is 2.97 bits per heavy atom. The van der Waals surface area contributed by atoms with Crippen molar-refractivity contribution in [1.29, 1.82) is 0 Å². The van der Waals surface area contributed by atoms with Crippen molar-refractivity contribution in [1.82, 2.24) is 15.8 Å². The van der Waals surface area contributed by atoms with Crippen LogP contribution in [0.1, 0.15) is 29.9 Å². The van der Waals surface area contributed by atoms with Crippen molar-refractivity contribution in [3.8, 4) is 23.0 Å². The van der Waals surface area contributed by atoms with Crippen LogP contribution in [0.25, 0.3) is 0 Å². The highest BCUT2D eigenvalue weighted by Crippen LogP contribution is 2.60. The Hall–Kier alpha value is -4.02. The van der Waals surface area contributed by atoms with E-state index in [9.17, 15) is 9.59 Å². The van der Waals surface area contributed by atoms with Gasteiger partial charge >= 0.3 is 6.03 Å². The molecule has 10 nitrogen and oxygen atoms in total. The van der Waals surface area contributed by atoms with Crippen molar-refractivity contribution in [3.05, 3.63) is 64.8 Å². The Kier molecular flexibility index (Phi) is 5.35. The first-order chi connectivity index (χ1) is 17.5. The van der Waals surface area contributed by atoms with Crippen LogP contribution in [0.2, 0.25) is 5.02 Å². The minimum atomic E-state index is -0.712. The van der Waals surface area contributed by atoms with Crippen LogP contribution in [0, 0.1) is 0 Å². The van der Waals surface area contributed by atoms with Gasteiger partial charge < -0.3 is 24.8 Å². The summed E-state index contributed by atoms with van der Waals surface area (Å²) in [6.07, 6.45) is 3.28. The largest absolute Gasteiger partial charge is 0.495 e. The zero-order valence-corrected chi connectivity index (χ0v) is 19.9. The number of amides is 3. The summed E-state index contributed by atoms with van der Waals surface area (Å²) in [5.74, 6) is 3.06. The smallest absolute Gasteiger partial charge is 0.333 e. The van der Waals surface area contributed by atoms with Crippen LogP contribution < -0.4 is 35.7 Å². The van der Waals surface area contributed by atoms with Gasteiger partial charge in [-0.05, 0) is 42.8 Å². The van der Waals surface area contributed by atoms with E-state index < -0.39 is 11.8 Å². The summed E-state index contributed by atoms with van der Waals surface area (Å²) in [6, 6.07) is 12.1. The summed E-state index contributed by atoms with van der Waals surface area (Å²) in [5.41, 5.74) is 7.25. The predicted molar refractivity (Wildman–Crippen MR) is 132 cm³/mol. The lowest BCUT2D eigenvalue weighted by Crippen LogP contribution is -2.50. The average Bonchev–Trinajstić information content (AvgIpc) is 3.50. The van der Waals surface area contributed by atoms with Gasteiger partial charge in [-0.25, -0.2) is 9.78 Å². The van der Waals surface area contributed by atoms with Crippen LogP contribution in [0.15, 0.2) is 48.7 Å². The number of hydrazine groups is 1. The molecule has 0 radical (unpaired) electrons. The van der Waals surface area contributed by atoms with Gasteiger partial charge in [0.05, 0.1) is 12.8 Å². The van der Waals surface area contributed by atoms with Gasteiger partial charge in [0, 0.05) is 36.1 Å². The van der Waals surface area contributed by atoms with Crippen LogP contribution in [0.3, 0.4) is 0 Å². The fraction of sp³-hybridized carbons (Fsp3) is 0.240. The lowest BCUT2D eigenvalue weighted by Gasteiger charge is -2.19. The number of nitrogens with one attached hydrogen (secondary N) is 4. The first kappa shape index (κ1) is 22.4. The summed E-state index contributed by atoms with van der Waals surface area (Å²) in [7, 11) is 1.51. The molecule has 0 bridgehead atoms. The molecule has 0 saturated heterocycles. The maximum atomic E-state index is 12.5. The first-order valence-corrected chi connectivity index (χ1v) is 11.8. The Bertz CT molecular complexity index is 1400. The summed E-state index contributed by atoms with van der Waals surface area (Å²) in [5, 5.41) is 5.79. The quantitative estimate of drug-likeness (QED) is 0.366. The minimum absolute atomic E-state index is 0.0479. The third-order valence-corrected chi connectivity index (χ3v) is 6.87. The molecule has 1 saturated carbocycles. The lowest BCUT2D eigenvalue weighted by atomic mass is 10.1. The molecule has 2 atom stereocenters. The Labute approximate surface area is 211 Å². The van der Waals surface area contributed by atoms with E-state index in [1.807, 2.05) is 18.2 Å². The number of nitrogens with zero attached hydrogens (tertiary/aromatic N) is 1. The molecule has 2 aliphatic heterocycles. The van der Waals surface area contributed by atoms with Crippen molar-refractivity contribution in [2.45, 2.75) is 30.9 Å². The van der Waals surface area contributed by atoms with Crippen LogP contribution >= 0.6 is 11.6 Å². The molecule has 6 rings (SSSR count). The molecule has 4 N–H and O–H groups in total. The molecule has 3 heterocycles. The highest BCUT2D eigenvalue weighted by molar-refractivity contribution is 6.35. The minimum Gasteiger partial charge on any atom is -0.495 e. The molecule has 11 heteroatoms. The number of hydrogen-bond acceptors (Lipinski definition) is 7. The van der Waals surface area contributed by atoms with E-state index in [4.69, 9.17) is 25.8 Å². The van der Waals surface area contributed by atoms with Crippen molar-refractivity contribution in [2.75, 3.05) is 17.7 Å². The molecule has 1 aromatic heterocycles. The summed E-state index contributed by atoms with van der Waals surface area (Å²) in [6.45, 7) is 0. The second kappa shape index (κ2) is 8.58. The summed E-state index contributed by atoms with van der Waals surface area (Å²) >= 11 is 6.25. The van der Waals surface area contributed by atoms with E-state index in [2.05, 4.69) is 26.5 Å². The number of carbonyl (C=O) groups excluding carboxylic acids is 2. The fourth-order valence-electron chi connectivity index (χ4n) is 4.59. The molecule has 2 aromatic carbocycles. The number of carbonyl (C=O) groups is 2. The van der Waals surface area contributed by atoms with Crippen LogP contribution in [-0.2, 0) is 11.2 Å². The molecule has 3 aromatic rings. The highest BCUT2D eigenvalue weighted by Gasteiger charge is 2.63. The molecule has 0 spiro atoms. The van der Waals surface area contributed by atoms with Gasteiger partial charge in [0.1, 0.15) is 33.8 Å². The van der Waals surface area contributed by atoms with Gasteiger partial charge in [-0.3, -0.25) is 10.2 Å². The maximum absolute atomic E-state index is 12.5. The Balaban J connectivity index is 1.11. The van der Waals surface area contributed by atoms with Gasteiger partial charge in [0.15, 0.2) is 5.72 Å². The molecule has 3 amide bonds. The Morgan fingerprint density at radius 1 is 1.22 bits per heavy atom. The molecule has 36 heavy (non-hydrogen) atoms. The number of ether oxygens (including phenoxy) is 3. The Morgan fingerprint density at radius 2 is 2.11 bits per heavy atom. The number of hydrogen-bond donors (Lipinski definition) is 4. The molecular weight excluding hydrogens is 486 g/mol. The highest BCUT2D eigenvalue weighted by atomic mass is 35.5. The number of aromatic nitrogens is 1. The number of benzene rings is 2. The molecule has 3 aliphatic rings. The van der Waals surface area contributed by atoms with Gasteiger partial charge in [-0.2, -0.15) is 5.43 Å². The normalized spacial score (nSPS) is 20.7. The van der Waals surface area contributed by atoms with Gasteiger partial charge in [0.2, 0.25) is 5.91 Å². The van der Waals surface area contributed by atoms with Gasteiger partial charge in [-0.15, -0.1) is 0 Å². The molecule has 184 valence electrons. The molecule has 2 unspecified atom stereocenters. The standard InChI is InChI=1S/C25H22ClN5O5/c1-34-20-4-2-3-17(22(20)26)28-24(33)30-31-25-12-16(25)15-11-13(5-7-19(15)36-25)35-18-9-10-27-23-14(18)6-8-21(32)29-23/h2-5,7,9-11,16,31H,6,8,12H2,1H3,(H,27,29,32)(H2,28,30,33). The van der Waals surface area contributed by atoms with Crippen LogP contribution in [0.5, 0.6) is 23.0 Å². The number of methoxy groups -OCH3 is 1. The van der Waals surface area contributed by atoms with E-state index in [1.54, 1.807) is 30.5 Å². The number of rotatable bonds is 6. The van der Waals surface area contributed by atoms with Crippen molar-refractivity contribution in [2.24, 2.45) is 0 Å². The zero-order chi connectivity index (χ0) is 24.9. The summed E-state index contributed by atoms with van der Waals surface area (Å²) in [4.78, 5) is 28.4. The monoisotopic (exact) mass is 507 g/mol. The van der Waals surface area contributed by atoms with E-state index in [0.29, 0.717) is 53.0 Å². The number of halogens is 1. The van der Waals surface area contributed by atoms with E-state index in [0.717, 1.165) is 16.9 Å². The molecule has 1 aliphatic carbocycles. The van der Waals surface area contributed by atoms with E-state index in [1.165, 1.54) is 7.11 Å². The second-order valence-corrected chi connectivity index (χ2v) is 9.14. The van der Waals surface area contributed by atoms with E-state index >= 15 is 0 Å². The fourth-order valence-corrected chi connectivity index (χ4v) is 4.84. The van der Waals surface area contributed by atoms with Crippen LogP contribution in [0.4, 0.5) is 16.3 Å². The van der Waals surface area contributed by atoms with Crippen molar-refractivity contribution in [3.63, 3.8) is 0 Å². The third kappa shape index (κ3) is 3.94. The summed E-state index contributed by atoms with van der Waals surface area (Å²) < 4.78 is 17.5. The molecular formula is C25H22ClN5O5. The first-order valence-electron chi connectivity index (χ1n) is 11.4.